The number of aryl methyl sites for hydroxylation is 1. The fraction of sp³-hybridized carbons (Fsp3) is 0.300. The number of nitrogens with one attached hydrogen (secondary N) is 2. The second-order valence-electron chi connectivity index (χ2n) is 6.35. The van der Waals surface area contributed by atoms with Crippen molar-refractivity contribution in [2.24, 2.45) is 0 Å². The Morgan fingerprint density at radius 3 is 2.83 bits per heavy atom. The van der Waals surface area contributed by atoms with Crippen LogP contribution in [0.1, 0.15) is 30.3 Å². The van der Waals surface area contributed by atoms with Crippen molar-refractivity contribution in [2.45, 2.75) is 32.9 Å². The van der Waals surface area contributed by atoms with Crippen LogP contribution in [-0.4, -0.2) is 22.0 Å². The number of halogens is 2. The van der Waals surface area contributed by atoms with E-state index in [4.69, 9.17) is 21.7 Å². The Hall–Kier alpha value is -2.39. The number of methoxy groups -OCH3 is 1. The van der Waals surface area contributed by atoms with Crippen molar-refractivity contribution in [1.29, 1.82) is 0 Å². The number of hydrogen-bond acceptors (Lipinski definition) is 5. The molecule has 0 saturated heterocycles. The van der Waals surface area contributed by atoms with Gasteiger partial charge >= 0.3 is 0 Å². The zero-order valence-electron chi connectivity index (χ0n) is 16.2. The lowest BCUT2D eigenvalue weighted by Crippen LogP contribution is -2.17. The summed E-state index contributed by atoms with van der Waals surface area (Å²) in [6, 6.07) is 10.3. The molecule has 0 aliphatic rings. The maximum Gasteiger partial charge on any atom is 0.214 e. The highest BCUT2D eigenvalue weighted by Crippen LogP contribution is 2.37. The maximum absolute atomic E-state index is 13.8. The van der Waals surface area contributed by atoms with Gasteiger partial charge in [0.2, 0.25) is 4.77 Å². The van der Waals surface area contributed by atoms with Crippen molar-refractivity contribution in [2.75, 3.05) is 12.5 Å². The monoisotopic (exact) mass is 480 g/mol. The molecule has 29 heavy (non-hydrogen) atoms. The molecule has 1 aromatic heterocycles. The molecule has 154 valence electrons. The SMILES string of the molecule is CCCc1n[nH]c(=S)n1NCc1cc(Br)c(OCc2ccccc2F)c(OC)c1. The summed E-state index contributed by atoms with van der Waals surface area (Å²) in [5.41, 5.74) is 4.71. The zero-order valence-corrected chi connectivity index (χ0v) is 18.6. The van der Waals surface area contributed by atoms with Gasteiger partial charge in [0, 0.05) is 12.0 Å². The normalized spacial score (nSPS) is 10.8. The molecular weight excluding hydrogens is 459 g/mol. The molecule has 0 bridgehead atoms. The summed E-state index contributed by atoms with van der Waals surface area (Å²) >= 11 is 8.82. The molecule has 1 heterocycles. The molecule has 2 N–H and O–H groups in total. The van der Waals surface area contributed by atoms with Gasteiger partial charge in [-0.05, 0) is 58.3 Å². The van der Waals surface area contributed by atoms with Gasteiger partial charge in [0.25, 0.3) is 0 Å². The lowest BCUT2D eigenvalue weighted by molar-refractivity contribution is 0.277. The molecule has 0 radical (unpaired) electrons. The highest BCUT2D eigenvalue weighted by Gasteiger charge is 2.14. The number of rotatable bonds is 9. The van der Waals surface area contributed by atoms with Crippen LogP contribution in [0, 0.1) is 10.6 Å². The predicted molar refractivity (Wildman–Crippen MR) is 116 cm³/mol. The molecule has 0 aliphatic carbocycles. The van der Waals surface area contributed by atoms with Crippen molar-refractivity contribution >= 4 is 28.1 Å². The Morgan fingerprint density at radius 1 is 1.31 bits per heavy atom. The fourth-order valence-corrected chi connectivity index (χ4v) is 3.65. The number of hydrogen-bond donors (Lipinski definition) is 2. The second kappa shape index (κ2) is 9.89. The summed E-state index contributed by atoms with van der Waals surface area (Å²) in [4.78, 5) is 0. The Kier molecular flexibility index (Phi) is 7.27. The first kappa shape index (κ1) is 21.3. The van der Waals surface area contributed by atoms with Crippen LogP contribution in [0.2, 0.25) is 0 Å². The molecule has 3 rings (SSSR count). The van der Waals surface area contributed by atoms with Crippen LogP contribution in [0.15, 0.2) is 40.9 Å². The average Bonchev–Trinajstić information content (AvgIpc) is 3.06. The molecule has 0 unspecified atom stereocenters. The van der Waals surface area contributed by atoms with Gasteiger partial charge < -0.3 is 14.9 Å². The topological polar surface area (TPSA) is 64.1 Å². The van der Waals surface area contributed by atoms with E-state index in [0.717, 1.165) is 28.7 Å². The minimum Gasteiger partial charge on any atom is -0.493 e. The predicted octanol–water partition coefficient (Wildman–Crippen LogP) is 5.13. The van der Waals surface area contributed by atoms with Crippen molar-refractivity contribution < 1.29 is 13.9 Å². The van der Waals surface area contributed by atoms with Gasteiger partial charge in [0.05, 0.1) is 18.1 Å². The maximum atomic E-state index is 13.8. The van der Waals surface area contributed by atoms with E-state index in [1.54, 1.807) is 30.0 Å². The Labute approximate surface area is 182 Å². The van der Waals surface area contributed by atoms with Crippen molar-refractivity contribution in [3.63, 3.8) is 0 Å². The molecule has 2 aromatic carbocycles. The third-order valence-electron chi connectivity index (χ3n) is 4.28. The average molecular weight is 481 g/mol. The number of ether oxygens (including phenoxy) is 2. The first-order valence-corrected chi connectivity index (χ1v) is 10.4. The molecule has 0 atom stereocenters. The minimum atomic E-state index is -0.303. The van der Waals surface area contributed by atoms with Crippen molar-refractivity contribution in [3.05, 3.63) is 68.4 Å². The van der Waals surface area contributed by atoms with E-state index < -0.39 is 0 Å². The lowest BCUT2D eigenvalue weighted by atomic mass is 10.2. The van der Waals surface area contributed by atoms with Gasteiger partial charge in [-0.3, -0.25) is 5.10 Å². The van der Waals surface area contributed by atoms with Crippen LogP contribution < -0.4 is 14.9 Å². The lowest BCUT2D eigenvalue weighted by Gasteiger charge is -2.16. The van der Waals surface area contributed by atoms with Crippen LogP contribution in [0.4, 0.5) is 4.39 Å². The summed E-state index contributed by atoms with van der Waals surface area (Å²) in [5.74, 6) is 1.62. The van der Waals surface area contributed by atoms with Gasteiger partial charge in [-0.15, -0.1) is 0 Å². The smallest absolute Gasteiger partial charge is 0.214 e. The zero-order chi connectivity index (χ0) is 20.8. The molecule has 0 spiro atoms. The largest absolute Gasteiger partial charge is 0.493 e. The van der Waals surface area contributed by atoms with Gasteiger partial charge in [-0.25, -0.2) is 9.07 Å². The highest BCUT2D eigenvalue weighted by molar-refractivity contribution is 9.10. The number of aromatic amines is 1. The van der Waals surface area contributed by atoms with Gasteiger partial charge in [0.15, 0.2) is 17.3 Å². The molecular formula is C20H22BrFN4O2S. The Morgan fingerprint density at radius 2 is 2.10 bits per heavy atom. The number of nitrogens with zero attached hydrogens (tertiary/aromatic N) is 2. The quantitative estimate of drug-likeness (QED) is 0.415. The van der Waals surface area contributed by atoms with Gasteiger partial charge in [-0.2, -0.15) is 5.10 Å². The summed E-state index contributed by atoms with van der Waals surface area (Å²) in [6.45, 7) is 2.70. The first-order valence-electron chi connectivity index (χ1n) is 9.16. The molecule has 0 amide bonds. The van der Waals surface area contributed by atoms with E-state index in [9.17, 15) is 4.39 Å². The molecule has 9 heteroatoms. The highest BCUT2D eigenvalue weighted by atomic mass is 79.9. The van der Waals surface area contributed by atoms with Crippen LogP contribution in [0.5, 0.6) is 11.5 Å². The fourth-order valence-electron chi connectivity index (χ4n) is 2.84. The second-order valence-corrected chi connectivity index (χ2v) is 7.60. The summed E-state index contributed by atoms with van der Waals surface area (Å²) in [7, 11) is 1.57. The van der Waals surface area contributed by atoms with Crippen molar-refractivity contribution in [3.8, 4) is 11.5 Å². The standard InChI is InChI=1S/C20H22BrFN4O2S/c1-3-6-18-24-25-20(29)26(18)23-11-13-9-15(21)19(17(10-13)27-2)28-12-14-7-4-5-8-16(14)22/h4-5,7-10,23H,3,6,11-12H2,1-2H3,(H,25,29). The van der Waals surface area contributed by atoms with Gasteiger partial charge in [0.1, 0.15) is 12.4 Å². The van der Waals surface area contributed by atoms with Crippen LogP contribution >= 0.6 is 28.1 Å². The Bertz CT molecular complexity index is 1040. The van der Waals surface area contributed by atoms with Crippen molar-refractivity contribution in [1.82, 2.24) is 14.9 Å². The van der Waals surface area contributed by atoms with E-state index >= 15 is 0 Å². The van der Waals surface area contributed by atoms with Crippen LogP contribution in [0.3, 0.4) is 0 Å². The van der Waals surface area contributed by atoms with E-state index in [1.807, 2.05) is 12.1 Å². The summed E-state index contributed by atoms with van der Waals surface area (Å²) in [5, 5.41) is 7.05. The van der Waals surface area contributed by atoms with E-state index in [1.165, 1.54) is 6.07 Å². The summed E-state index contributed by atoms with van der Waals surface area (Å²) < 4.78 is 28.2. The molecule has 0 fully saturated rings. The van der Waals surface area contributed by atoms with E-state index in [-0.39, 0.29) is 12.4 Å². The number of benzene rings is 2. The molecule has 6 nitrogen and oxygen atoms in total. The number of aromatic nitrogens is 3. The van der Waals surface area contributed by atoms with Gasteiger partial charge in [-0.1, -0.05) is 25.1 Å². The molecule has 0 aliphatic heterocycles. The third-order valence-corrected chi connectivity index (χ3v) is 5.14. The Balaban J connectivity index is 1.75. The first-order chi connectivity index (χ1) is 14.0. The number of H-pyrrole nitrogens is 1. The van der Waals surface area contributed by atoms with E-state index in [0.29, 0.717) is 28.4 Å². The molecule has 0 saturated carbocycles. The molecule has 3 aromatic rings. The summed E-state index contributed by atoms with van der Waals surface area (Å²) in [6.07, 6.45) is 1.78. The minimum absolute atomic E-state index is 0.101. The third kappa shape index (κ3) is 5.16. The van der Waals surface area contributed by atoms with E-state index in [2.05, 4.69) is 38.5 Å². The van der Waals surface area contributed by atoms with Crippen LogP contribution in [-0.2, 0) is 19.6 Å². The van der Waals surface area contributed by atoms with Crippen LogP contribution in [0.25, 0.3) is 0 Å².